The maximum Gasteiger partial charge on any atom is 0.251 e. The lowest BCUT2D eigenvalue weighted by Crippen LogP contribution is -2.42. The van der Waals surface area contributed by atoms with Crippen LogP contribution in [0.4, 0.5) is 0 Å². The summed E-state index contributed by atoms with van der Waals surface area (Å²) in [7, 11) is 0. The minimum atomic E-state index is 0.0334. The van der Waals surface area contributed by atoms with E-state index in [2.05, 4.69) is 21.2 Å². The van der Waals surface area contributed by atoms with Gasteiger partial charge in [-0.2, -0.15) is 0 Å². The lowest BCUT2D eigenvalue weighted by molar-refractivity contribution is 0.0929. The number of ether oxygens (including phenoxy) is 1. The fourth-order valence-corrected chi connectivity index (χ4v) is 3.55. The van der Waals surface area contributed by atoms with Gasteiger partial charge in [-0.3, -0.25) is 4.79 Å². The molecule has 102 valence electrons. The second kappa shape index (κ2) is 5.53. The van der Waals surface area contributed by atoms with Gasteiger partial charge in [0, 0.05) is 22.9 Å². The molecular formula is C15H18BrNO2. The standard InChI is InChI=1S/C15H18BrNO2/c16-12-3-1-2-4-13(12)17-15(18)11-5-6-14-10(9-11)7-8-19-14/h5-6,9,12-13H,1-4,7-8H2,(H,17,18). The molecule has 0 radical (unpaired) electrons. The molecule has 1 aromatic rings. The zero-order chi connectivity index (χ0) is 13.2. The fraction of sp³-hybridized carbons (Fsp3) is 0.533. The van der Waals surface area contributed by atoms with Crippen molar-refractivity contribution in [2.45, 2.75) is 43.0 Å². The Hall–Kier alpha value is -1.03. The zero-order valence-electron chi connectivity index (χ0n) is 10.8. The molecule has 2 atom stereocenters. The van der Waals surface area contributed by atoms with Crippen LogP contribution in [0.5, 0.6) is 5.75 Å². The van der Waals surface area contributed by atoms with Gasteiger partial charge < -0.3 is 10.1 Å². The van der Waals surface area contributed by atoms with Gasteiger partial charge in [-0.25, -0.2) is 0 Å². The molecule has 1 amide bonds. The number of hydrogen-bond acceptors (Lipinski definition) is 2. The molecular weight excluding hydrogens is 306 g/mol. The molecule has 2 aliphatic rings. The Kier molecular flexibility index (Phi) is 3.78. The van der Waals surface area contributed by atoms with Gasteiger partial charge in [-0.1, -0.05) is 28.8 Å². The van der Waals surface area contributed by atoms with Crippen molar-refractivity contribution in [3.63, 3.8) is 0 Å². The normalized spacial score (nSPS) is 25.5. The molecule has 0 bridgehead atoms. The molecule has 3 rings (SSSR count). The van der Waals surface area contributed by atoms with Crippen molar-refractivity contribution in [3.8, 4) is 5.75 Å². The van der Waals surface area contributed by atoms with Crippen LogP contribution in [0, 0.1) is 0 Å². The van der Waals surface area contributed by atoms with Crippen molar-refractivity contribution in [2.24, 2.45) is 0 Å². The van der Waals surface area contributed by atoms with Gasteiger partial charge in [-0.15, -0.1) is 0 Å². The second-order valence-electron chi connectivity index (χ2n) is 5.30. The van der Waals surface area contributed by atoms with Crippen LogP contribution in [0.15, 0.2) is 18.2 Å². The van der Waals surface area contributed by atoms with E-state index in [1.54, 1.807) is 0 Å². The van der Waals surface area contributed by atoms with Crippen LogP contribution < -0.4 is 10.1 Å². The van der Waals surface area contributed by atoms with E-state index in [-0.39, 0.29) is 11.9 Å². The molecule has 1 heterocycles. The summed E-state index contributed by atoms with van der Waals surface area (Å²) in [6, 6.07) is 5.98. The number of rotatable bonds is 2. The molecule has 1 saturated carbocycles. The Morgan fingerprint density at radius 3 is 3.00 bits per heavy atom. The quantitative estimate of drug-likeness (QED) is 0.849. The molecule has 0 saturated heterocycles. The summed E-state index contributed by atoms with van der Waals surface area (Å²) >= 11 is 3.67. The largest absolute Gasteiger partial charge is 0.493 e. The zero-order valence-corrected chi connectivity index (χ0v) is 12.4. The van der Waals surface area contributed by atoms with Crippen molar-refractivity contribution >= 4 is 21.8 Å². The highest BCUT2D eigenvalue weighted by Crippen LogP contribution is 2.27. The van der Waals surface area contributed by atoms with Gasteiger partial charge in [0.05, 0.1) is 6.61 Å². The van der Waals surface area contributed by atoms with Gasteiger partial charge in [0.2, 0.25) is 0 Å². The third-order valence-corrected chi connectivity index (χ3v) is 5.05. The first-order valence-electron chi connectivity index (χ1n) is 6.95. The first kappa shape index (κ1) is 13.0. The van der Waals surface area contributed by atoms with Crippen LogP contribution in [-0.2, 0) is 6.42 Å². The van der Waals surface area contributed by atoms with E-state index in [1.807, 2.05) is 18.2 Å². The summed E-state index contributed by atoms with van der Waals surface area (Å²) in [6.07, 6.45) is 5.56. The van der Waals surface area contributed by atoms with E-state index in [0.717, 1.165) is 42.7 Å². The van der Waals surface area contributed by atoms with Crippen molar-refractivity contribution < 1.29 is 9.53 Å². The summed E-state index contributed by atoms with van der Waals surface area (Å²) in [5, 5.41) is 3.15. The van der Waals surface area contributed by atoms with Gasteiger partial charge in [0.1, 0.15) is 5.75 Å². The average Bonchev–Trinajstić information content (AvgIpc) is 2.88. The fourth-order valence-electron chi connectivity index (χ4n) is 2.83. The van der Waals surface area contributed by atoms with Crippen LogP contribution in [0.2, 0.25) is 0 Å². The summed E-state index contributed by atoms with van der Waals surface area (Å²) < 4.78 is 5.46. The molecule has 1 fully saturated rings. The van der Waals surface area contributed by atoms with Crippen LogP contribution in [0.3, 0.4) is 0 Å². The van der Waals surface area contributed by atoms with E-state index in [9.17, 15) is 4.79 Å². The average molecular weight is 324 g/mol. The number of carbonyl (C=O) groups excluding carboxylic acids is 1. The Labute approximate surface area is 121 Å². The highest BCUT2D eigenvalue weighted by molar-refractivity contribution is 9.09. The summed E-state index contributed by atoms with van der Waals surface area (Å²) in [4.78, 5) is 12.7. The topological polar surface area (TPSA) is 38.3 Å². The maximum absolute atomic E-state index is 12.3. The third-order valence-electron chi connectivity index (χ3n) is 3.95. The molecule has 19 heavy (non-hydrogen) atoms. The van der Waals surface area contributed by atoms with Gasteiger partial charge in [-0.05, 0) is 36.6 Å². The monoisotopic (exact) mass is 323 g/mol. The van der Waals surface area contributed by atoms with Crippen LogP contribution in [-0.4, -0.2) is 23.4 Å². The van der Waals surface area contributed by atoms with E-state index in [0.29, 0.717) is 4.83 Å². The molecule has 1 N–H and O–H groups in total. The van der Waals surface area contributed by atoms with Crippen LogP contribution >= 0.6 is 15.9 Å². The van der Waals surface area contributed by atoms with Gasteiger partial charge in [0.15, 0.2) is 0 Å². The molecule has 1 aliphatic heterocycles. The smallest absolute Gasteiger partial charge is 0.251 e. The second-order valence-corrected chi connectivity index (χ2v) is 6.48. The lowest BCUT2D eigenvalue weighted by Gasteiger charge is -2.28. The highest BCUT2D eigenvalue weighted by Gasteiger charge is 2.25. The molecule has 2 unspecified atom stereocenters. The maximum atomic E-state index is 12.3. The molecule has 0 aromatic heterocycles. The molecule has 1 aromatic carbocycles. The van der Waals surface area contributed by atoms with Crippen molar-refractivity contribution in [3.05, 3.63) is 29.3 Å². The summed E-state index contributed by atoms with van der Waals surface area (Å²) in [5.41, 5.74) is 1.89. The minimum Gasteiger partial charge on any atom is -0.493 e. The van der Waals surface area contributed by atoms with Crippen molar-refractivity contribution in [1.82, 2.24) is 5.32 Å². The lowest BCUT2D eigenvalue weighted by atomic mass is 9.95. The Balaban J connectivity index is 1.70. The Bertz CT molecular complexity index is 489. The van der Waals surface area contributed by atoms with Crippen LogP contribution in [0.1, 0.15) is 41.6 Å². The Morgan fingerprint density at radius 2 is 2.16 bits per heavy atom. The SMILES string of the molecule is O=C(NC1CCCCC1Br)c1ccc2c(c1)CCO2. The summed E-state index contributed by atoms with van der Waals surface area (Å²) in [5.74, 6) is 0.957. The van der Waals surface area contributed by atoms with Crippen molar-refractivity contribution in [1.29, 1.82) is 0 Å². The van der Waals surface area contributed by atoms with Gasteiger partial charge >= 0.3 is 0 Å². The molecule has 0 spiro atoms. The first-order chi connectivity index (χ1) is 9.24. The highest BCUT2D eigenvalue weighted by atomic mass is 79.9. The number of amides is 1. The number of alkyl halides is 1. The molecule has 1 aliphatic carbocycles. The number of benzene rings is 1. The number of halogens is 1. The number of carbonyl (C=O) groups is 1. The Morgan fingerprint density at radius 1 is 1.32 bits per heavy atom. The van der Waals surface area contributed by atoms with Crippen molar-refractivity contribution in [2.75, 3.05) is 6.61 Å². The van der Waals surface area contributed by atoms with Crippen LogP contribution in [0.25, 0.3) is 0 Å². The number of fused-ring (bicyclic) bond motifs is 1. The third kappa shape index (κ3) is 2.78. The number of hydrogen-bond donors (Lipinski definition) is 1. The van der Waals surface area contributed by atoms with E-state index < -0.39 is 0 Å². The summed E-state index contributed by atoms with van der Waals surface area (Å²) in [6.45, 7) is 0.729. The molecule has 3 nitrogen and oxygen atoms in total. The predicted octanol–water partition coefficient (Wildman–Crippen LogP) is 3.06. The number of nitrogens with one attached hydrogen (secondary N) is 1. The van der Waals surface area contributed by atoms with E-state index in [4.69, 9.17) is 4.74 Å². The van der Waals surface area contributed by atoms with E-state index in [1.165, 1.54) is 12.8 Å². The first-order valence-corrected chi connectivity index (χ1v) is 7.86. The molecule has 4 heteroatoms. The van der Waals surface area contributed by atoms with E-state index >= 15 is 0 Å². The van der Waals surface area contributed by atoms with Gasteiger partial charge in [0.25, 0.3) is 5.91 Å². The minimum absolute atomic E-state index is 0.0334. The predicted molar refractivity (Wildman–Crippen MR) is 78.1 cm³/mol.